The second-order valence-corrected chi connectivity index (χ2v) is 11.0. The molecule has 0 heterocycles. The van der Waals surface area contributed by atoms with Crippen molar-refractivity contribution in [2.75, 3.05) is 20.2 Å². The molecule has 40 heavy (non-hydrogen) atoms. The van der Waals surface area contributed by atoms with Crippen LogP contribution in [0.15, 0.2) is 78.9 Å². The van der Waals surface area contributed by atoms with Gasteiger partial charge in [-0.25, -0.2) is 9.59 Å². The maximum atomic E-state index is 13.5. The molecule has 2 aliphatic carbocycles. The van der Waals surface area contributed by atoms with Crippen molar-refractivity contribution in [2.45, 2.75) is 43.8 Å². The highest BCUT2D eigenvalue weighted by molar-refractivity contribution is 5.93. The van der Waals surface area contributed by atoms with E-state index in [1.165, 1.54) is 0 Å². The van der Waals surface area contributed by atoms with Crippen LogP contribution in [0.3, 0.4) is 0 Å². The van der Waals surface area contributed by atoms with Crippen molar-refractivity contribution < 1.29 is 24.2 Å². The lowest BCUT2D eigenvalue weighted by Gasteiger charge is -2.31. The van der Waals surface area contributed by atoms with Gasteiger partial charge in [0.05, 0.1) is 0 Å². The van der Waals surface area contributed by atoms with E-state index in [0.717, 1.165) is 40.7 Å². The van der Waals surface area contributed by atoms with Crippen molar-refractivity contribution in [3.8, 4) is 11.1 Å². The predicted octanol–water partition coefficient (Wildman–Crippen LogP) is 4.40. The predicted molar refractivity (Wildman–Crippen MR) is 152 cm³/mol. The molecule has 8 heteroatoms. The van der Waals surface area contributed by atoms with E-state index in [1.54, 1.807) is 6.92 Å². The third-order valence-corrected chi connectivity index (χ3v) is 7.96. The summed E-state index contributed by atoms with van der Waals surface area (Å²) >= 11 is 0. The SMILES string of the molecule is CN(Cc1ccccc1)CC(NC(=O)C(C)(NC(=O)OCC1c2ccccc2-c2ccccc21)C1CC1)C(=O)O. The minimum absolute atomic E-state index is 0.0931. The molecule has 5 rings (SSSR count). The maximum absolute atomic E-state index is 13.5. The van der Waals surface area contributed by atoms with Crippen LogP contribution in [-0.4, -0.2) is 59.8 Å². The number of nitrogens with zero attached hydrogens (tertiary/aromatic N) is 1. The number of carbonyl (C=O) groups excluding carboxylic acids is 2. The summed E-state index contributed by atoms with van der Waals surface area (Å²) in [6.45, 7) is 2.43. The zero-order valence-electron chi connectivity index (χ0n) is 22.8. The van der Waals surface area contributed by atoms with Gasteiger partial charge in [-0.1, -0.05) is 78.9 Å². The van der Waals surface area contributed by atoms with Crippen molar-refractivity contribution in [3.05, 3.63) is 95.6 Å². The largest absolute Gasteiger partial charge is 0.480 e. The van der Waals surface area contributed by atoms with E-state index in [0.29, 0.717) is 6.54 Å². The molecule has 2 aliphatic rings. The average molecular weight is 542 g/mol. The summed E-state index contributed by atoms with van der Waals surface area (Å²) in [4.78, 5) is 40.4. The van der Waals surface area contributed by atoms with Crippen LogP contribution in [-0.2, 0) is 20.9 Å². The van der Waals surface area contributed by atoms with Crippen molar-refractivity contribution >= 4 is 18.0 Å². The molecule has 8 nitrogen and oxygen atoms in total. The van der Waals surface area contributed by atoms with Gasteiger partial charge in [-0.3, -0.25) is 9.69 Å². The first-order valence-corrected chi connectivity index (χ1v) is 13.7. The van der Waals surface area contributed by atoms with Crippen LogP contribution in [0.1, 0.15) is 42.4 Å². The highest BCUT2D eigenvalue weighted by atomic mass is 16.5. The van der Waals surface area contributed by atoms with E-state index in [1.807, 2.05) is 78.7 Å². The highest BCUT2D eigenvalue weighted by Crippen LogP contribution is 2.44. The highest BCUT2D eigenvalue weighted by Gasteiger charge is 2.49. The quantitative estimate of drug-likeness (QED) is 0.332. The van der Waals surface area contributed by atoms with Gasteiger partial charge in [0.2, 0.25) is 5.91 Å². The molecule has 3 aromatic rings. The van der Waals surface area contributed by atoms with Crippen molar-refractivity contribution in [1.82, 2.24) is 15.5 Å². The number of aliphatic carboxylic acids is 1. The molecule has 0 aromatic heterocycles. The summed E-state index contributed by atoms with van der Waals surface area (Å²) in [6.07, 6.45) is 0.831. The van der Waals surface area contributed by atoms with Gasteiger partial charge in [0.1, 0.15) is 18.2 Å². The normalized spacial score (nSPS) is 16.4. The number of ether oxygens (including phenoxy) is 1. The fourth-order valence-corrected chi connectivity index (χ4v) is 5.62. The number of amides is 2. The van der Waals surface area contributed by atoms with Crippen LogP contribution in [0, 0.1) is 5.92 Å². The van der Waals surface area contributed by atoms with E-state index in [9.17, 15) is 19.5 Å². The lowest BCUT2D eigenvalue weighted by Crippen LogP contribution is -2.62. The Bertz CT molecular complexity index is 1340. The van der Waals surface area contributed by atoms with Gasteiger partial charge in [-0.2, -0.15) is 0 Å². The lowest BCUT2D eigenvalue weighted by atomic mass is 9.94. The van der Waals surface area contributed by atoms with Crippen LogP contribution >= 0.6 is 0 Å². The molecule has 3 N–H and O–H groups in total. The van der Waals surface area contributed by atoms with Crippen molar-refractivity contribution in [1.29, 1.82) is 0 Å². The van der Waals surface area contributed by atoms with E-state index in [4.69, 9.17) is 4.74 Å². The van der Waals surface area contributed by atoms with Crippen LogP contribution < -0.4 is 10.6 Å². The molecule has 3 aromatic carbocycles. The molecule has 0 spiro atoms. The molecule has 0 aliphatic heterocycles. The number of likely N-dealkylation sites (N-methyl/N-ethyl adjacent to an activating group) is 1. The fraction of sp³-hybridized carbons (Fsp3) is 0.344. The summed E-state index contributed by atoms with van der Waals surface area (Å²) < 4.78 is 5.69. The summed E-state index contributed by atoms with van der Waals surface area (Å²) in [7, 11) is 1.81. The number of carbonyl (C=O) groups is 3. The number of carboxylic acids is 1. The molecule has 0 saturated heterocycles. The molecule has 2 amide bonds. The third-order valence-electron chi connectivity index (χ3n) is 7.96. The number of hydrogen-bond acceptors (Lipinski definition) is 5. The fourth-order valence-electron chi connectivity index (χ4n) is 5.62. The van der Waals surface area contributed by atoms with E-state index in [2.05, 4.69) is 22.8 Å². The zero-order valence-corrected chi connectivity index (χ0v) is 22.8. The number of fused-ring (bicyclic) bond motifs is 3. The second kappa shape index (κ2) is 11.5. The number of benzene rings is 3. The number of hydrogen-bond donors (Lipinski definition) is 3. The summed E-state index contributed by atoms with van der Waals surface area (Å²) in [5.74, 6) is -1.85. The van der Waals surface area contributed by atoms with E-state index < -0.39 is 29.6 Å². The topological polar surface area (TPSA) is 108 Å². The summed E-state index contributed by atoms with van der Waals surface area (Å²) in [5, 5.41) is 15.3. The third kappa shape index (κ3) is 5.87. The Hall–Kier alpha value is -4.17. The molecule has 1 fully saturated rings. The smallest absolute Gasteiger partial charge is 0.408 e. The second-order valence-electron chi connectivity index (χ2n) is 11.0. The number of rotatable bonds is 11. The minimum Gasteiger partial charge on any atom is -0.480 e. The number of nitrogens with one attached hydrogen (secondary N) is 2. The Balaban J connectivity index is 1.22. The molecular formula is C32H35N3O5. The molecular weight excluding hydrogens is 506 g/mol. The number of carboxylic acid groups (broad SMARTS) is 1. The van der Waals surface area contributed by atoms with Gasteiger partial charge < -0.3 is 20.5 Å². The first kappa shape index (κ1) is 27.4. The molecule has 208 valence electrons. The summed E-state index contributed by atoms with van der Waals surface area (Å²) in [6, 6.07) is 24.7. The number of alkyl carbamates (subject to hydrolysis) is 1. The molecule has 2 unspecified atom stereocenters. The van der Waals surface area contributed by atoms with Crippen molar-refractivity contribution in [3.63, 3.8) is 0 Å². The van der Waals surface area contributed by atoms with E-state index >= 15 is 0 Å². The van der Waals surface area contributed by atoms with Crippen LogP contribution in [0.2, 0.25) is 0 Å². The first-order chi connectivity index (χ1) is 19.3. The Morgan fingerprint density at radius 1 is 0.950 bits per heavy atom. The Labute approximate surface area is 234 Å². The molecule has 2 atom stereocenters. The van der Waals surface area contributed by atoms with Gasteiger partial charge >= 0.3 is 12.1 Å². The van der Waals surface area contributed by atoms with Gasteiger partial charge in [-0.05, 0) is 60.5 Å². The minimum atomic E-state index is -1.28. The maximum Gasteiger partial charge on any atom is 0.408 e. The molecule has 0 bridgehead atoms. The van der Waals surface area contributed by atoms with Crippen LogP contribution in [0.25, 0.3) is 11.1 Å². The Kier molecular flexibility index (Phi) is 7.89. The summed E-state index contributed by atoms with van der Waals surface area (Å²) in [5.41, 5.74) is 4.22. The average Bonchev–Trinajstić information content (AvgIpc) is 3.76. The monoisotopic (exact) mass is 541 g/mol. The lowest BCUT2D eigenvalue weighted by molar-refractivity contribution is -0.143. The van der Waals surface area contributed by atoms with Gasteiger partial charge in [-0.15, -0.1) is 0 Å². The van der Waals surface area contributed by atoms with Crippen LogP contribution in [0.5, 0.6) is 0 Å². The Morgan fingerprint density at radius 3 is 2.10 bits per heavy atom. The molecule has 1 saturated carbocycles. The van der Waals surface area contributed by atoms with Crippen molar-refractivity contribution in [2.24, 2.45) is 5.92 Å². The first-order valence-electron chi connectivity index (χ1n) is 13.7. The Morgan fingerprint density at radius 2 is 1.52 bits per heavy atom. The van der Waals surface area contributed by atoms with Gasteiger partial charge in [0.15, 0.2) is 0 Å². The zero-order chi connectivity index (χ0) is 28.3. The molecule has 0 radical (unpaired) electrons. The van der Waals surface area contributed by atoms with Gasteiger partial charge in [0, 0.05) is 19.0 Å². The van der Waals surface area contributed by atoms with E-state index in [-0.39, 0.29) is 25.0 Å². The van der Waals surface area contributed by atoms with Gasteiger partial charge in [0.25, 0.3) is 0 Å². The standard InChI is InChI=1S/C32H35N3O5/c1-32(22-16-17-22,30(38)33-28(29(36)37)19-35(2)18-21-10-4-3-5-11-21)34-31(39)40-20-27-25-14-8-6-12-23(25)24-13-7-9-15-26(24)27/h3-15,22,27-28H,16-20H2,1-2H3,(H,33,38)(H,34,39)(H,36,37). The van der Waals surface area contributed by atoms with Crippen LogP contribution in [0.4, 0.5) is 4.79 Å².